The van der Waals surface area contributed by atoms with Crippen LogP contribution in [0.2, 0.25) is 0 Å². The maximum absolute atomic E-state index is 3.68. The zero-order chi connectivity index (χ0) is 12.2. The zero-order valence-corrected chi connectivity index (χ0v) is 13.0. The van der Waals surface area contributed by atoms with Crippen LogP contribution in [0.1, 0.15) is 51.5 Å². The third-order valence-corrected chi connectivity index (χ3v) is 4.86. The fourth-order valence-electron chi connectivity index (χ4n) is 1.74. The maximum Gasteiger partial charge on any atom is 0.0701 e. The minimum atomic E-state index is 0.305. The van der Waals surface area contributed by atoms with E-state index in [9.17, 15) is 0 Å². The SMILES string of the molecule is CCCNC(c1ccc(Br)s1)C(C)(C)CC. The Morgan fingerprint density at radius 3 is 2.50 bits per heavy atom. The highest BCUT2D eigenvalue weighted by molar-refractivity contribution is 9.11. The molecule has 0 aromatic carbocycles. The first-order valence-corrected chi connectivity index (χ1v) is 7.60. The van der Waals surface area contributed by atoms with Gasteiger partial charge in [-0.2, -0.15) is 0 Å². The standard InChI is InChI=1S/C13H22BrNS/c1-5-9-15-12(13(3,4)6-2)10-7-8-11(14)16-10/h7-8,12,15H,5-6,9H2,1-4H3. The van der Waals surface area contributed by atoms with Gasteiger partial charge in [0.2, 0.25) is 0 Å². The zero-order valence-electron chi connectivity index (χ0n) is 10.6. The van der Waals surface area contributed by atoms with Crippen molar-refractivity contribution in [3.8, 4) is 0 Å². The molecule has 1 atom stereocenters. The van der Waals surface area contributed by atoms with Gasteiger partial charge in [-0.25, -0.2) is 0 Å². The lowest BCUT2D eigenvalue weighted by atomic mass is 9.81. The molecule has 0 saturated carbocycles. The van der Waals surface area contributed by atoms with Crippen molar-refractivity contribution in [1.82, 2.24) is 5.32 Å². The van der Waals surface area contributed by atoms with E-state index in [0.717, 1.165) is 6.54 Å². The second kappa shape index (κ2) is 6.18. The monoisotopic (exact) mass is 303 g/mol. The van der Waals surface area contributed by atoms with Gasteiger partial charge in [0.15, 0.2) is 0 Å². The summed E-state index contributed by atoms with van der Waals surface area (Å²) in [6, 6.07) is 4.85. The fourth-order valence-corrected chi connectivity index (χ4v) is 3.45. The van der Waals surface area contributed by atoms with Crippen LogP contribution >= 0.6 is 27.3 Å². The largest absolute Gasteiger partial charge is 0.309 e. The molecule has 1 unspecified atom stereocenters. The highest BCUT2D eigenvalue weighted by Gasteiger charge is 2.29. The highest BCUT2D eigenvalue weighted by Crippen LogP contribution is 2.40. The van der Waals surface area contributed by atoms with Crippen molar-refractivity contribution in [3.63, 3.8) is 0 Å². The normalized spacial score (nSPS) is 14.1. The van der Waals surface area contributed by atoms with Gasteiger partial charge in [0.05, 0.1) is 3.79 Å². The Labute approximate surface area is 112 Å². The molecule has 3 heteroatoms. The Kier molecular flexibility index (Phi) is 5.48. The lowest BCUT2D eigenvalue weighted by molar-refractivity contribution is 0.238. The Bertz CT molecular complexity index is 319. The molecule has 0 fully saturated rings. The molecular formula is C13H22BrNS. The van der Waals surface area contributed by atoms with Crippen molar-refractivity contribution in [2.24, 2.45) is 5.41 Å². The van der Waals surface area contributed by atoms with Gasteiger partial charge in [-0.05, 0) is 52.9 Å². The Balaban J connectivity index is 2.87. The average Bonchev–Trinajstić information content (AvgIpc) is 2.65. The molecule has 1 N–H and O–H groups in total. The summed E-state index contributed by atoms with van der Waals surface area (Å²) >= 11 is 5.39. The van der Waals surface area contributed by atoms with Gasteiger partial charge in [0.25, 0.3) is 0 Å². The number of thiophene rings is 1. The molecule has 92 valence electrons. The Morgan fingerprint density at radius 1 is 1.38 bits per heavy atom. The molecule has 1 nitrogen and oxygen atoms in total. The van der Waals surface area contributed by atoms with Crippen molar-refractivity contribution in [1.29, 1.82) is 0 Å². The lowest BCUT2D eigenvalue weighted by Gasteiger charge is -2.33. The molecule has 0 amide bonds. The van der Waals surface area contributed by atoms with Gasteiger partial charge >= 0.3 is 0 Å². The smallest absolute Gasteiger partial charge is 0.0701 e. The van der Waals surface area contributed by atoms with E-state index >= 15 is 0 Å². The van der Waals surface area contributed by atoms with E-state index in [-0.39, 0.29) is 0 Å². The fraction of sp³-hybridized carbons (Fsp3) is 0.692. The van der Waals surface area contributed by atoms with Crippen LogP contribution in [0, 0.1) is 5.41 Å². The van der Waals surface area contributed by atoms with Gasteiger partial charge < -0.3 is 5.32 Å². The second-order valence-corrected chi connectivity index (χ2v) is 7.37. The van der Waals surface area contributed by atoms with E-state index in [4.69, 9.17) is 0 Å². The second-order valence-electron chi connectivity index (χ2n) is 4.87. The highest BCUT2D eigenvalue weighted by atomic mass is 79.9. The van der Waals surface area contributed by atoms with E-state index in [2.05, 4.69) is 61.1 Å². The van der Waals surface area contributed by atoms with Crippen LogP contribution in [0.4, 0.5) is 0 Å². The number of rotatable bonds is 6. The van der Waals surface area contributed by atoms with Crippen molar-refractivity contribution in [2.45, 2.75) is 46.6 Å². The minimum absolute atomic E-state index is 0.305. The molecule has 16 heavy (non-hydrogen) atoms. The summed E-state index contributed by atoms with van der Waals surface area (Å²) in [5, 5.41) is 3.68. The summed E-state index contributed by atoms with van der Waals surface area (Å²) in [7, 11) is 0. The molecule has 0 saturated heterocycles. The van der Waals surface area contributed by atoms with E-state index in [1.165, 1.54) is 21.5 Å². The quantitative estimate of drug-likeness (QED) is 0.781. The van der Waals surface area contributed by atoms with Crippen LogP contribution in [0.5, 0.6) is 0 Å². The third-order valence-electron chi connectivity index (χ3n) is 3.17. The van der Waals surface area contributed by atoms with E-state index in [1.54, 1.807) is 0 Å². The number of hydrogen-bond acceptors (Lipinski definition) is 2. The average molecular weight is 304 g/mol. The third kappa shape index (κ3) is 3.57. The van der Waals surface area contributed by atoms with Gasteiger partial charge in [-0.1, -0.05) is 27.7 Å². The van der Waals surface area contributed by atoms with E-state index in [0.29, 0.717) is 11.5 Å². The predicted molar refractivity (Wildman–Crippen MR) is 77.1 cm³/mol. The van der Waals surface area contributed by atoms with Crippen molar-refractivity contribution < 1.29 is 0 Å². The predicted octanol–water partition coefficient (Wildman–Crippen LogP) is 4.99. The van der Waals surface area contributed by atoms with Crippen LogP contribution < -0.4 is 5.32 Å². The first kappa shape index (κ1) is 14.2. The lowest BCUT2D eigenvalue weighted by Crippen LogP contribution is -2.33. The number of hydrogen-bond donors (Lipinski definition) is 1. The summed E-state index contributed by atoms with van der Waals surface area (Å²) in [5.41, 5.74) is 0.305. The Morgan fingerprint density at radius 2 is 2.06 bits per heavy atom. The van der Waals surface area contributed by atoms with Gasteiger partial charge in [0, 0.05) is 10.9 Å². The van der Waals surface area contributed by atoms with Gasteiger partial charge in [-0.3, -0.25) is 0 Å². The van der Waals surface area contributed by atoms with E-state index in [1.807, 2.05) is 11.3 Å². The molecular weight excluding hydrogens is 282 g/mol. The topological polar surface area (TPSA) is 12.0 Å². The maximum atomic E-state index is 3.68. The molecule has 0 bridgehead atoms. The Hall–Kier alpha value is 0.140. The van der Waals surface area contributed by atoms with Gasteiger partial charge in [0.1, 0.15) is 0 Å². The first-order chi connectivity index (χ1) is 7.51. The molecule has 1 aromatic heterocycles. The molecule has 1 rings (SSSR count). The summed E-state index contributed by atoms with van der Waals surface area (Å²) < 4.78 is 1.22. The molecule has 0 aliphatic heterocycles. The van der Waals surface area contributed by atoms with Gasteiger partial charge in [-0.15, -0.1) is 11.3 Å². The van der Waals surface area contributed by atoms with Crippen LogP contribution in [-0.2, 0) is 0 Å². The van der Waals surface area contributed by atoms with Crippen molar-refractivity contribution >= 4 is 27.3 Å². The summed E-state index contributed by atoms with van der Waals surface area (Å²) in [6.07, 6.45) is 2.37. The molecule has 0 spiro atoms. The summed E-state index contributed by atoms with van der Waals surface area (Å²) in [4.78, 5) is 1.44. The first-order valence-electron chi connectivity index (χ1n) is 6.00. The van der Waals surface area contributed by atoms with Crippen molar-refractivity contribution in [3.05, 3.63) is 20.8 Å². The van der Waals surface area contributed by atoms with Crippen LogP contribution in [0.25, 0.3) is 0 Å². The summed E-state index contributed by atoms with van der Waals surface area (Å²) in [5.74, 6) is 0. The molecule has 0 aliphatic carbocycles. The van der Waals surface area contributed by atoms with E-state index < -0.39 is 0 Å². The van der Waals surface area contributed by atoms with Crippen LogP contribution in [0.15, 0.2) is 15.9 Å². The summed E-state index contributed by atoms with van der Waals surface area (Å²) in [6.45, 7) is 10.3. The number of halogens is 1. The van der Waals surface area contributed by atoms with Crippen LogP contribution in [-0.4, -0.2) is 6.54 Å². The molecule has 0 radical (unpaired) electrons. The number of nitrogens with one attached hydrogen (secondary N) is 1. The minimum Gasteiger partial charge on any atom is -0.309 e. The van der Waals surface area contributed by atoms with Crippen LogP contribution in [0.3, 0.4) is 0 Å². The molecule has 0 aliphatic rings. The molecule has 1 heterocycles. The molecule has 1 aromatic rings. The van der Waals surface area contributed by atoms with Crippen molar-refractivity contribution in [2.75, 3.05) is 6.54 Å².